The van der Waals surface area contributed by atoms with E-state index in [0.717, 1.165) is 5.69 Å². The Balaban J connectivity index is 1.97. The molecule has 2 rings (SSSR count). The number of hydrogen-bond donors (Lipinski definition) is 3. The number of nitrogens with one attached hydrogen (secondary N) is 2. The fourth-order valence-corrected chi connectivity index (χ4v) is 2.35. The van der Waals surface area contributed by atoms with E-state index in [4.69, 9.17) is 5.73 Å². The Kier molecular flexibility index (Phi) is 3.58. The molecule has 0 unspecified atom stereocenters. The standard InChI is InChI=1S/C10H13N5O2S/c11-10-2-1-9(6-13-10)18(16,17)15-4-3-8-5-12-7-14-8/h1-2,5-7,15H,3-4H2,(H2,11,13)(H,12,14). The van der Waals surface area contributed by atoms with Crippen LogP contribution in [-0.4, -0.2) is 29.9 Å². The molecule has 7 nitrogen and oxygen atoms in total. The number of nitrogens with zero attached hydrogens (tertiary/aromatic N) is 2. The molecule has 0 aliphatic carbocycles. The number of pyridine rings is 1. The summed E-state index contributed by atoms with van der Waals surface area (Å²) in [6, 6.07) is 2.87. The molecule has 0 aliphatic heterocycles. The van der Waals surface area contributed by atoms with Crippen LogP contribution in [0.2, 0.25) is 0 Å². The minimum absolute atomic E-state index is 0.0984. The van der Waals surface area contributed by atoms with E-state index in [-0.39, 0.29) is 17.3 Å². The van der Waals surface area contributed by atoms with Crippen molar-refractivity contribution in [3.8, 4) is 0 Å². The number of H-pyrrole nitrogens is 1. The van der Waals surface area contributed by atoms with E-state index in [9.17, 15) is 8.42 Å². The smallest absolute Gasteiger partial charge is 0.242 e. The van der Waals surface area contributed by atoms with Crippen LogP contribution in [0.25, 0.3) is 0 Å². The molecule has 0 aliphatic rings. The summed E-state index contributed by atoms with van der Waals surface area (Å²) in [6.07, 6.45) is 4.97. The third-order valence-corrected chi connectivity index (χ3v) is 3.76. The van der Waals surface area contributed by atoms with Gasteiger partial charge in [0.05, 0.1) is 6.33 Å². The first-order valence-corrected chi connectivity index (χ1v) is 6.75. The molecular formula is C10H13N5O2S. The number of imidazole rings is 1. The van der Waals surface area contributed by atoms with Crippen molar-refractivity contribution in [2.45, 2.75) is 11.3 Å². The largest absolute Gasteiger partial charge is 0.384 e. The summed E-state index contributed by atoms with van der Waals surface area (Å²) < 4.78 is 26.2. The highest BCUT2D eigenvalue weighted by atomic mass is 32.2. The highest BCUT2D eigenvalue weighted by Gasteiger charge is 2.13. The van der Waals surface area contributed by atoms with Gasteiger partial charge in [-0.2, -0.15) is 0 Å². The van der Waals surface area contributed by atoms with Crippen LogP contribution in [0, 0.1) is 0 Å². The van der Waals surface area contributed by atoms with E-state index in [0.29, 0.717) is 6.42 Å². The Morgan fingerprint density at radius 3 is 2.78 bits per heavy atom. The second-order valence-corrected chi connectivity index (χ2v) is 5.41. The summed E-state index contributed by atoms with van der Waals surface area (Å²) in [5, 5.41) is 0. The van der Waals surface area contributed by atoms with E-state index in [2.05, 4.69) is 19.7 Å². The SMILES string of the molecule is Nc1ccc(S(=O)(=O)NCCc2cnc[nH]2)cn1. The summed E-state index contributed by atoms with van der Waals surface area (Å²) in [5.41, 5.74) is 6.27. The molecule has 0 bridgehead atoms. The fraction of sp³-hybridized carbons (Fsp3) is 0.200. The first-order chi connectivity index (χ1) is 8.58. The van der Waals surface area contributed by atoms with E-state index in [1.54, 1.807) is 12.5 Å². The van der Waals surface area contributed by atoms with Crippen LogP contribution in [0.5, 0.6) is 0 Å². The molecule has 0 radical (unpaired) electrons. The maximum atomic E-state index is 11.9. The van der Waals surface area contributed by atoms with E-state index < -0.39 is 10.0 Å². The first kappa shape index (κ1) is 12.5. The zero-order chi connectivity index (χ0) is 13.0. The molecule has 2 aromatic heterocycles. The van der Waals surface area contributed by atoms with Crippen LogP contribution in [0.1, 0.15) is 5.69 Å². The van der Waals surface area contributed by atoms with Crippen LogP contribution < -0.4 is 10.5 Å². The topological polar surface area (TPSA) is 114 Å². The molecular weight excluding hydrogens is 254 g/mol. The molecule has 0 spiro atoms. The normalized spacial score (nSPS) is 11.6. The van der Waals surface area contributed by atoms with Gasteiger partial charge < -0.3 is 10.7 Å². The molecule has 0 saturated carbocycles. The Labute approximate surface area is 105 Å². The minimum Gasteiger partial charge on any atom is -0.384 e. The number of sulfonamides is 1. The van der Waals surface area contributed by atoms with Gasteiger partial charge in [-0.05, 0) is 12.1 Å². The highest BCUT2D eigenvalue weighted by Crippen LogP contribution is 2.08. The minimum atomic E-state index is -3.53. The molecule has 0 amide bonds. The molecule has 2 aromatic rings. The van der Waals surface area contributed by atoms with Gasteiger partial charge in [0.1, 0.15) is 10.7 Å². The lowest BCUT2D eigenvalue weighted by molar-refractivity contribution is 0.581. The van der Waals surface area contributed by atoms with Crippen molar-refractivity contribution in [3.05, 3.63) is 36.5 Å². The molecule has 96 valence electrons. The van der Waals surface area contributed by atoms with Crippen molar-refractivity contribution >= 4 is 15.8 Å². The van der Waals surface area contributed by atoms with E-state index in [1.807, 2.05) is 0 Å². The predicted molar refractivity (Wildman–Crippen MR) is 66.1 cm³/mol. The summed E-state index contributed by atoms with van der Waals surface area (Å²) >= 11 is 0. The third kappa shape index (κ3) is 3.05. The van der Waals surface area contributed by atoms with Gasteiger partial charge >= 0.3 is 0 Å². The van der Waals surface area contributed by atoms with Crippen LogP contribution in [0.3, 0.4) is 0 Å². The maximum absolute atomic E-state index is 11.9. The Hall–Kier alpha value is -1.93. The van der Waals surface area contributed by atoms with Gasteiger partial charge in [0, 0.05) is 31.1 Å². The first-order valence-electron chi connectivity index (χ1n) is 5.26. The average molecular weight is 267 g/mol. The summed E-state index contributed by atoms with van der Waals surface area (Å²) in [5.74, 6) is 0.284. The summed E-state index contributed by atoms with van der Waals surface area (Å²) in [7, 11) is -3.53. The van der Waals surface area contributed by atoms with Crippen LogP contribution >= 0.6 is 0 Å². The number of aromatic nitrogens is 3. The predicted octanol–water partition coefficient (Wildman–Crippen LogP) is -0.0921. The number of nitrogen functional groups attached to an aromatic ring is 1. The number of hydrogen-bond acceptors (Lipinski definition) is 5. The highest BCUT2D eigenvalue weighted by molar-refractivity contribution is 7.89. The molecule has 0 saturated heterocycles. The zero-order valence-corrected chi connectivity index (χ0v) is 10.3. The Morgan fingerprint density at radius 1 is 1.33 bits per heavy atom. The molecule has 18 heavy (non-hydrogen) atoms. The van der Waals surface area contributed by atoms with Gasteiger partial charge in [-0.1, -0.05) is 0 Å². The number of anilines is 1. The van der Waals surface area contributed by atoms with Crippen LogP contribution in [-0.2, 0) is 16.4 Å². The lowest BCUT2D eigenvalue weighted by Crippen LogP contribution is -2.26. The van der Waals surface area contributed by atoms with Crippen LogP contribution in [0.4, 0.5) is 5.82 Å². The van der Waals surface area contributed by atoms with Crippen molar-refractivity contribution in [2.75, 3.05) is 12.3 Å². The Bertz CT molecular complexity index is 592. The lowest BCUT2D eigenvalue weighted by Gasteiger charge is -2.05. The van der Waals surface area contributed by atoms with Crippen molar-refractivity contribution in [2.24, 2.45) is 0 Å². The monoisotopic (exact) mass is 267 g/mol. The van der Waals surface area contributed by atoms with E-state index in [1.165, 1.54) is 18.3 Å². The van der Waals surface area contributed by atoms with Gasteiger partial charge in [-0.15, -0.1) is 0 Å². The van der Waals surface area contributed by atoms with Gasteiger partial charge in [-0.25, -0.2) is 23.1 Å². The molecule has 0 atom stereocenters. The average Bonchev–Trinajstić information content (AvgIpc) is 2.82. The fourth-order valence-electron chi connectivity index (χ4n) is 1.38. The van der Waals surface area contributed by atoms with Crippen molar-refractivity contribution in [3.63, 3.8) is 0 Å². The number of aromatic amines is 1. The number of rotatable bonds is 5. The van der Waals surface area contributed by atoms with Crippen molar-refractivity contribution < 1.29 is 8.42 Å². The van der Waals surface area contributed by atoms with E-state index >= 15 is 0 Å². The van der Waals surface area contributed by atoms with Gasteiger partial charge in [0.25, 0.3) is 0 Å². The Morgan fingerprint density at radius 2 is 2.17 bits per heavy atom. The molecule has 4 N–H and O–H groups in total. The summed E-state index contributed by atoms with van der Waals surface area (Å²) in [4.78, 5) is 10.6. The van der Waals surface area contributed by atoms with Crippen molar-refractivity contribution in [1.29, 1.82) is 0 Å². The van der Waals surface area contributed by atoms with Gasteiger partial charge in [-0.3, -0.25) is 0 Å². The lowest BCUT2D eigenvalue weighted by atomic mass is 10.3. The molecule has 8 heteroatoms. The molecule has 0 fully saturated rings. The van der Waals surface area contributed by atoms with Gasteiger partial charge in [0.2, 0.25) is 10.0 Å². The van der Waals surface area contributed by atoms with Crippen LogP contribution in [0.15, 0.2) is 35.7 Å². The second-order valence-electron chi connectivity index (χ2n) is 3.64. The third-order valence-electron chi connectivity index (χ3n) is 2.31. The van der Waals surface area contributed by atoms with Crippen molar-refractivity contribution in [1.82, 2.24) is 19.7 Å². The number of nitrogens with two attached hydrogens (primary N) is 1. The quantitative estimate of drug-likeness (QED) is 0.700. The maximum Gasteiger partial charge on any atom is 0.242 e. The molecule has 2 heterocycles. The van der Waals surface area contributed by atoms with Gasteiger partial charge in [0.15, 0.2) is 0 Å². The summed E-state index contributed by atoms with van der Waals surface area (Å²) in [6.45, 7) is 0.287. The zero-order valence-electron chi connectivity index (χ0n) is 9.50. The second kappa shape index (κ2) is 5.15. The molecule has 0 aromatic carbocycles.